The van der Waals surface area contributed by atoms with Crippen LogP contribution in [0.15, 0.2) is 60.8 Å². The SMILES string of the molecule is CC/C=C\C/C=C\C/C=C\CCCCCC(=O)OCC(O)COP(=O)(O)OCC(NC(=O)CCCCCCC/C=C\C/C=C\CCCCC)C(=O)O. The highest BCUT2D eigenvalue weighted by atomic mass is 31.2. The maximum absolute atomic E-state index is 12.3. The highest BCUT2D eigenvalue weighted by Crippen LogP contribution is 2.43. The number of nitrogens with one attached hydrogen (secondary N) is 1. The molecule has 3 atom stereocenters. The summed E-state index contributed by atoms with van der Waals surface area (Å²) in [5.74, 6) is -2.44. The lowest BCUT2D eigenvalue weighted by Gasteiger charge is -2.18. The molecular weight excluding hydrogens is 685 g/mol. The molecule has 0 aliphatic heterocycles. The van der Waals surface area contributed by atoms with Gasteiger partial charge < -0.3 is 25.2 Å². The molecule has 0 spiro atoms. The summed E-state index contributed by atoms with van der Waals surface area (Å²) in [4.78, 5) is 45.7. The number of carbonyl (C=O) groups is 3. The van der Waals surface area contributed by atoms with Crippen molar-refractivity contribution in [3.63, 3.8) is 0 Å². The third-order valence-corrected chi connectivity index (χ3v) is 8.74. The van der Waals surface area contributed by atoms with E-state index < -0.39 is 57.6 Å². The van der Waals surface area contributed by atoms with Gasteiger partial charge in [-0.2, -0.15) is 0 Å². The molecule has 0 aliphatic rings. The van der Waals surface area contributed by atoms with Gasteiger partial charge in [0, 0.05) is 12.8 Å². The first kappa shape index (κ1) is 49.2. The van der Waals surface area contributed by atoms with Crippen molar-refractivity contribution in [3.05, 3.63) is 60.8 Å². The van der Waals surface area contributed by atoms with Crippen LogP contribution in [-0.4, -0.2) is 64.9 Å². The lowest BCUT2D eigenvalue weighted by molar-refractivity contribution is -0.147. The number of hydrogen-bond acceptors (Lipinski definition) is 8. The fourth-order valence-corrected chi connectivity index (χ4v) is 5.54. The van der Waals surface area contributed by atoms with E-state index in [1.54, 1.807) is 0 Å². The third-order valence-electron chi connectivity index (χ3n) is 7.79. The Morgan fingerprint density at radius 2 is 1.12 bits per heavy atom. The fraction of sp³-hybridized carbons (Fsp3) is 0.675. The topological polar surface area (TPSA) is 169 Å². The number of aliphatic carboxylic acids is 1. The van der Waals surface area contributed by atoms with Crippen LogP contribution in [0.4, 0.5) is 0 Å². The molecule has 0 saturated carbocycles. The predicted octanol–water partition coefficient (Wildman–Crippen LogP) is 9.22. The normalized spacial score (nSPS) is 14.5. The van der Waals surface area contributed by atoms with Crippen molar-refractivity contribution in [3.8, 4) is 0 Å². The summed E-state index contributed by atoms with van der Waals surface area (Å²) in [5, 5.41) is 21.7. The molecule has 0 heterocycles. The molecule has 0 aromatic carbocycles. The largest absolute Gasteiger partial charge is 0.480 e. The second-order valence-electron chi connectivity index (χ2n) is 12.7. The molecule has 0 rings (SSSR count). The number of carbonyl (C=O) groups excluding carboxylic acids is 2. The maximum atomic E-state index is 12.3. The van der Waals surface area contributed by atoms with Gasteiger partial charge in [-0.1, -0.05) is 113 Å². The average molecular weight is 754 g/mol. The number of phosphoric acid groups is 1. The molecule has 1 amide bonds. The Balaban J connectivity index is 4.03. The van der Waals surface area contributed by atoms with Crippen LogP contribution in [0, 0.1) is 0 Å². The molecule has 3 unspecified atom stereocenters. The maximum Gasteiger partial charge on any atom is 0.472 e. The number of aliphatic hydroxyl groups excluding tert-OH is 1. The predicted molar refractivity (Wildman–Crippen MR) is 208 cm³/mol. The van der Waals surface area contributed by atoms with Gasteiger partial charge >= 0.3 is 19.8 Å². The summed E-state index contributed by atoms with van der Waals surface area (Å²) >= 11 is 0. The lowest BCUT2D eigenvalue weighted by atomic mass is 10.1. The summed E-state index contributed by atoms with van der Waals surface area (Å²) in [7, 11) is -4.76. The number of aliphatic hydroxyl groups is 1. The minimum Gasteiger partial charge on any atom is -0.480 e. The minimum absolute atomic E-state index is 0.125. The van der Waals surface area contributed by atoms with E-state index in [-0.39, 0.29) is 12.8 Å². The van der Waals surface area contributed by atoms with E-state index in [0.717, 1.165) is 83.5 Å². The first-order valence-electron chi connectivity index (χ1n) is 19.3. The van der Waals surface area contributed by atoms with E-state index in [0.29, 0.717) is 12.8 Å². The van der Waals surface area contributed by atoms with Crippen LogP contribution >= 0.6 is 7.82 Å². The van der Waals surface area contributed by atoms with Crippen molar-refractivity contribution in [2.45, 2.75) is 154 Å². The van der Waals surface area contributed by atoms with E-state index in [2.05, 4.69) is 79.9 Å². The molecule has 0 aliphatic carbocycles. The van der Waals surface area contributed by atoms with Gasteiger partial charge in [-0.15, -0.1) is 0 Å². The number of rotatable bonds is 35. The van der Waals surface area contributed by atoms with Gasteiger partial charge in [-0.3, -0.25) is 18.6 Å². The van der Waals surface area contributed by atoms with Crippen LogP contribution in [0.5, 0.6) is 0 Å². The number of amides is 1. The van der Waals surface area contributed by atoms with Gasteiger partial charge in [0.05, 0.1) is 13.2 Å². The van der Waals surface area contributed by atoms with Crippen molar-refractivity contribution in [1.29, 1.82) is 0 Å². The fourth-order valence-electron chi connectivity index (χ4n) is 4.77. The highest BCUT2D eigenvalue weighted by molar-refractivity contribution is 7.47. The first-order chi connectivity index (χ1) is 25.1. The Labute approximate surface area is 313 Å². The summed E-state index contributed by atoms with van der Waals surface area (Å²) in [6.45, 7) is 2.37. The summed E-state index contributed by atoms with van der Waals surface area (Å²) in [6.07, 6.45) is 38.2. The molecule has 0 radical (unpaired) electrons. The van der Waals surface area contributed by atoms with E-state index in [1.807, 2.05) is 0 Å². The van der Waals surface area contributed by atoms with Gasteiger partial charge in [-0.25, -0.2) is 9.36 Å². The number of ether oxygens (including phenoxy) is 1. The van der Waals surface area contributed by atoms with Gasteiger partial charge in [-0.05, 0) is 77.0 Å². The van der Waals surface area contributed by atoms with Gasteiger partial charge in [0.1, 0.15) is 12.7 Å². The average Bonchev–Trinajstić information content (AvgIpc) is 3.11. The van der Waals surface area contributed by atoms with Crippen LogP contribution in [0.1, 0.15) is 142 Å². The standard InChI is InChI=1S/C40H68NO10P/c1-3-5-7-9-11-13-15-17-18-20-21-23-25-27-29-31-38(43)41-37(40(45)46)35-51-52(47,48)50-34-36(42)33-49-39(44)32-30-28-26-24-22-19-16-14-12-10-8-6-4-2/h6,8,11-14,17-19,22,36-37,42H,3-5,7,9-10,15-16,20-21,23-35H2,1-2H3,(H,41,43)(H,45,46)(H,47,48)/b8-6-,13-11-,14-12-,18-17-,22-19-. The molecular formula is C40H68NO10P. The highest BCUT2D eigenvalue weighted by Gasteiger charge is 2.28. The smallest absolute Gasteiger partial charge is 0.472 e. The van der Waals surface area contributed by atoms with Crippen LogP contribution in [0.2, 0.25) is 0 Å². The van der Waals surface area contributed by atoms with Crippen LogP contribution in [0.3, 0.4) is 0 Å². The van der Waals surface area contributed by atoms with Crippen molar-refractivity contribution < 1.29 is 47.8 Å². The molecule has 0 saturated heterocycles. The van der Waals surface area contributed by atoms with Crippen molar-refractivity contribution >= 4 is 25.7 Å². The Kier molecular flexibility index (Phi) is 33.3. The van der Waals surface area contributed by atoms with Crippen LogP contribution in [-0.2, 0) is 32.7 Å². The third kappa shape index (κ3) is 34.3. The molecule has 0 bridgehead atoms. The zero-order valence-electron chi connectivity index (χ0n) is 31.8. The number of hydrogen-bond donors (Lipinski definition) is 4. The molecule has 52 heavy (non-hydrogen) atoms. The van der Waals surface area contributed by atoms with Crippen LogP contribution in [0.25, 0.3) is 0 Å². The Bertz CT molecular complexity index is 1120. The number of allylic oxidation sites excluding steroid dienone is 10. The lowest BCUT2D eigenvalue weighted by Crippen LogP contribution is -2.43. The Hall–Kier alpha value is -2.82. The minimum atomic E-state index is -4.76. The van der Waals surface area contributed by atoms with Gasteiger partial charge in [0.15, 0.2) is 6.04 Å². The first-order valence-corrected chi connectivity index (χ1v) is 20.8. The van der Waals surface area contributed by atoms with E-state index in [1.165, 1.54) is 19.3 Å². The molecule has 298 valence electrons. The van der Waals surface area contributed by atoms with Crippen molar-refractivity contribution in [1.82, 2.24) is 5.32 Å². The Morgan fingerprint density at radius 1 is 0.635 bits per heavy atom. The molecule has 11 nitrogen and oxygen atoms in total. The molecule has 0 aromatic rings. The molecule has 12 heteroatoms. The number of unbranched alkanes of at least 4 members (excludes halogenated alkanes) is 11. The molecule has 0 fully saturated rings. The summed E-state index contributed by atoms with van der Waals surface area (Å²) in [6, 6.07) is -1.56. The molecule has 0 aromatic heterocycles. The van der Waals surface area contributed by atoms with Crippen molar-refractivity contribution in [2.75, 3.05) is 19.8 Å². The van der Waals surface area contributed by atoms with Crippen LogP contribution < -0.4 is 5.32 Å². The van der Waals surface area contributed by atoms with E-state index >= 15 is 0 Å². The number of carboxylic acids is 1. The monoisotopic (exact) mass is 753 g/mol. The van der Waals surface area contributed by atoms with Gasteiger partial charge in [0.2, 0.25) is 5.91 Å². The molecule has 4 N–H and O–H groups in total. The second kappa shape index (κ2) is 35.2. The Morgan fingerprint density at radius 3 is 1.69 bits per heavy atom. The number of carboxylic acid groups (broad SMARTS) is 1. The summed E-state index contributed by atoms with van der Waals surface area (Å²) in [5.41, 5.74) is 0. The quantitative estimate of drug-likeness (QED) is 0.0212. The van der Waals surface area contributed by atoms with Crippen molar-refractivity contribution in [2.24, 2.45) is 0 Å². The number of esters is 1. The number of phosphoric ester groups is 1. The van der Waals surface area contributed by atoms with Gasteiger partial charge in [0.25, 0.3) is 0 Å². The second-order valence-corrected chi connectivity index (χ2v) is 14.2. The van der Waals surface area contributed by atoms with E-state index in [4.69, 9.17) is 13.8 Å². The van der Waals surface area contributed by atoms with E-state index in [9.17, 15) is 34.1 Å². The zero-order chi connectivity index (χ0) is 38.5. The summed E-state index contributed by atoms with van der Waals surface area (Å²) < 4.78 is 26.7. The zero-order valence-corrected chi connectivity index (χ0v) is 32.7.